The molecule has 0 heterocycles. The summed E-state index contributed by atoms with van der Waals surface area (Å²) in [5.74, 6) is -1.55. The third kappa shape index (κ3) is 3.25. The Balaban J connectivity index is 2.46. The maximum atomic E-state index is 13.8. The standard InChI is InChI=1S/C13H11ClF2N2O2S/c1-7-4-10(16)13(6-11(7)17)21(19,20)18-12-3-2-8(15)5-9(12)14/h2-6,18H,17H2,1H3. The van der Waals surface area contributed by atoms with Crippen molar-refractivity contribution in [2.45, 2.75) is 11.8 Å². The lowest BCUT2D eigenvalue weighted by Gasteiger charge is -2.12. The van der Waals surface area contributed by atoms with Crippen LogP contribution >= 0.6 is 11.6 Å². The van der Waals surface area contributed by atoms with E-state index in [0.29, 0.717) is 5.56 Å². The molecule has 4 nitrogen and oxygen atoms in total. The Morgan fingerprint density at radius 3 is 2.48 bits per heavy atom. The topological polar surface area (TPSA) is 72.2 Å². The summed E-state index contributed by atoms with van der Waals surface area (Å²) in [7, 11) is -4.23. The Labute approximate surface area is 125 Å². The van der Waals surface area contributed by atoms with Crippen LogP contribution in [0.5, 0.6) is 0 Å². The molecule has 0 aliphatic heterocycles. The van der Waals surface area contributed by atoms with E-state index in [4.69, 9.17) is 17.3 Å². The number of nitrogens with two attached hydrogens (primary N) is 1. The molecule has 112 valence electrons. The van der Waals surface area contributed by atoms with E-state index in [1.54, 1.807) is 6.92 Å². The van der Waals surface area contributed by atoms with Gasteiger partial charge >= 0.3 is 0 Å². The van der Waals surface area contributed by atoms with Crippen LogP contribution in [0.25, 0.3) is 0 Å². The summed E-state index contributed by atoms with van der Waals surface area (Å²) in [5.41, 5.74) is 6.10. The smallest absolute Gasteiger partial charge is 0.264 e. The normalized spacial score (nSPS) is 11.4. The zero-order chi connectivity index (χ0) is 15.8. The molecule has 0 radical (unpaired) electrons. The Morgan fingerprint density at radius 2 is 1.86 bits per heavy atom. The molecule has 21 heavy (non-hydrogen) atoms. The quantitative estimate of drug-likeness (QED) is 0.847. The zero-order valence-electron chi connectivity index (χ0n) is 10.8. The van der Waals surface area contributed by atoms with Crippen molar-refractivity contribution in [2.75, 3.05) is 10.5 Å². The summed E-state index contributed by atoms with van der Waals surface area (Å²) in [5, 5.41) is -0.140. The molecule has 0 spiro atoms. The van der Waals surface area contributed by atoms with Crippen molar-refractivity contribution in [3.05, 3.63) is 52.6 Å². The van der Waals surface area contributed by atoms with Crippen LogP contribution in [0.3, 0.4) is 0 Å². The molecule has 0 aromatic heterocycles. The van der Waals surface area contributed by atoms with E-state index in [1.807, 2.05) is 0 Å². The van der Waals surface area contributed by atoms with Gasteiger partial charge in [0.25, 0.3) is 10.0 Å². The van der Waals surface area contributed by atoms with Gasteiger partial charge in [-0.15, -0.1) is 0 Å². The fourth-order valence-electron chi connectivity index (χ4n) is 1.65. The van der Waals surface area contributed by atoms with E-state index in [9.17, 15) is 17.2 Å². The fraction of sp³-hybridized carbons (Fsp3) is 0.0769. The van der Waals surface area contributed by atoms with Crippen molar-refractivity contribution in [3.63, 3.8) is 0 Å². The van der Waals surface area contributed by atoms with Crippen molar-refractivity contribution < 1.29 is 17.2 Å². The van der Waals surface area contributed by atoms with E-state index in [1.165, 1.54) is 0 Å². The number of benzene rings is 2. The van der Waals surface area contributed by atoms with Crippen LogP contribution in [0.15, 0.2) is 35.2 Å². The van der Waals surface area contributed by atoms with Gasteiger partial charge in [0.15, 0.2) is 0 Å². The van der Waals surface area contributed by atoms with Crippen molar-refractivity contribution in [2.24, 2.45) is 0 Å². The Morgan fingerprint density at radius 1 is 1.19 bits per heavy atom. The summed E-state index contributed by atoms with van der Waals surface area (Å²) < 4.78 is 53.2. The molecule has 0 aliphatic carbocycles. The monoisotopic (exact) mass is 332 g/mol. The Bertz CT molecular complexity index is 810. The highest BCUT2D eigenvalue weighted by atomic mass is 35.5. The molecule has 3 N–H and O–H groups in total. The fourth-order valence-corrected chi connectivity index (χ4v) is 3.09. The summed E-state index contributed by atoms with van der Waals surface area (Å²) in [6.45, 7) is 1.55. The lowest BCUT2D eigenvalue weighted by atomic mass is 10.2. The number of sulfonamides is 1. The van der Waals surface area contributed by atoms with E-state index in [-0.39, 0.29) is 16.4 Å². The number of hydrogen-bond donors (Lipinski definition) is 2. The molecule has 2 rings (SSSR count). The molecule has 0 unspecified atom stereocenters. The van der Waals surface area contributed by atoms with Gasteiger partial charge in [-0.25, -0.2) is 17.2 Å². The van der Waals surface area contributed by atoms with E-state index >= 15 is 0 Å². The average Bonchev–Trinajstić information content (AvgIpc) is 2.37. The summed E-state index contributed by atoms with van der Waals surface area (Å²) in [4.78, 5) is -0.606. The number of hydrogen-bond acceptors (Lipinski definition) is 3. The highest BCUT2D eigenvalue weighted by Crippen LogP contribution is 2.27. The molecular weight excluding hydrogens is 322 g/mol. The second-order valence-electron chi connectivity index (χ2n) is 4.37. The molecule has 0 fully saturated rings. The highest BCUT2D eigenvalue weighted by molar-refractivity contribution is 7.92. The summed E-state index contributed by atoms with van der Waals surface area (Å²) >= 11 is 5.73. The van der Waals surface area contributed by atoms with Gasteiger partial charge in [-0.2, -0.15) is 0 Å². The van der Waals surface area contributed by atoms with Crippen molar-refractivity contribution in [1.29, 1.82) is 0 Å². The first-order valence-corrected chi connectivity index (χ1v) is 7.60. The molecule has 0 saturated heterocycles. The number of anilines is 2. The number of nitrogen functional groups attached to an aromatic ring is 1. The zero-order valence-corrected chi connectivity index (χ0v) is 12.4. The molecule has 0 aliphatic rings. The van der Waals surface area contributed by atoms with Crippen LogP contribution in [-0.4, -0.2) is 8.42 Å². The van der Waals surface area contributed by atoms with Gasteiger partial charge in [0, 0.05) is 5.69 Å². The first-order valence-electron chi connectivity index (χ1n) is 5.74. The third-order valence-electron chi connectivity index (χ3n) is 2.79. The maximum absolute atomic E-state index is 13.8. The number of nitrogens with one attached hydrogen (secondary N) is 1. The van der Waals surface area contributed by atoms with Crippen molar-refractivity contribution in [1.82, 2.24) is 0 Å². The van der Waals surface area contributed by atoms with Crippen LogP contribution in [0.1, 0.15) is 5.56 Å². The number of aryl methyl sites for hydroxylation is 1. The van der Waals surface area contributed by atoms with Gasteiger partial charge in [-0.05, 0) is 42.8 Å². The minimum absolute atomic E-state index is 0.0587. The van der Waals surface area contributed by atoms with Gasteiger partial charge in [0.2, 0.25) is 0 Å². The molecule has 0 amide bonds. The van der Waals surface area contributed by atoms with E-state index < -0.39 is 26.6 Å². The largest absolute Gasteiger partial charge is 0.398 e. The molecule has 8 heteroatoms. The molecule has 0 saturated carbocycles. The summed E-state index contributed by atoms with van der Waals surface area (Å²) in [6.07, 6.45) is 0. The lowest BCUT2D eigenvalue weighted by molar-refractivity contribution is 0.570. The Hall–Kier alpha value is -1.86. The third-order valence-corrected chi connectivity index (χ3v) is 4.48. The average molecular weight is 333 g/mol. The second-order valence-corrected chi connectivity index (χ2v) is 6.43. The van der Waals surface area contributed by atoms with Crippen LogP contribution in [0, 0.1) is 18.6 Å². The minimum Gasteiger partial charge on any atom is -0.398 e. The van der Waals surface area contributed by atoms with Gasteiger partial charge in [0.1, 0.15) is 16.5 Å². The van der Waals surface area contributed by atoms with Gasteiger partial charge in [0.05, 0.1) is 10.7 Å². The number of rotatable bonds is 3. The van der Waals surface area contributed by atoms with Crippen LogP contribution in [0.2, 0.25) is 5.02 Å². The van der Waals surface area contributed by atoms with E-state index in [0.717, 1.165) is 30.3 Å². The van der Waals surface area contributed by atoms with E-state index in [2.05, 4.69) is 4.72 Å². The van der Waals surface area contributed by atoms with Crippen LogP contribution in [-0.2, 0) is 10.0 Å². The van der Waals surface area contributed by atoms with Gasteiger partial charge in [-0.3, -0.25) is 4.72 Å². The van der Waals surface area contributed by atoms with Gasteiger partial charge < -0.3 is 5.73 Å². The predicted octanol–water partition coefficient (Wildman–Crippen LogP) is 3.31. The number of halogens is 3. The van der Waals surface area contributed by atoms with Crippen molar-refractivity contribution >= 4 is 33.0 Å². The molecular formula is C13H11ClF2N2O2S. The van der Waals surface area contributed by atoms with Crippen LogP contribution < -0.4 is 10.5 Å². The maximum Gasteiger partial charge on any atom is 0.264 e. The lowest BCUT2D eigenvalue weighted by Crippen LogP contribution is -2.15. The van der Waals surface area contributed by atoms with Crippen molar-refractivity contribution in [3.8, 4) is 0 Å². The van der Waals surface area contributed by atoms with Crippen LogP contribution in [0.4, 0.5) is 20.2 Å². The SMILES string of the molecule is Cc1cc(F)c(S(=O)(=O)Nc2ccc(F)cc2Cl)cc1N. The highest BCUT2D eigenvalue weighted by Gasteiger charge is 2.21. The molecule has 2 aromatic carbocycles. The van der Waals surface area contributed by atoms with Gasteiger partial charge in [-0.1, -0.05) is 11.6 Å². The summed E-state index contributed by atoms with van der Waals surface area (Å²) in [6, 6.07) is 5.16. The first-order chi connectivity index (χ1) is 9.70. The molecule has 0 atom stereocenters. The predicted molar refractivity (Wildman–Crippen MR) is 77.8 cm³/mol. The first kappa shape index (κ1) is 15.5. The minimum atomic E-state index is -4.23. The molecule has 0 bridgehead atoms. The second kappa shape index (κ2) is 5.50. The molecule has 2 aromatic rings. The Kier molecular flexibility index (Phi) is 4.06.